The molecule has 0 aromatic heterocycles. The van der Waals surface area contributed by atoms with Crippen molar-refractivity contribution in [3.63, 3.8) is 0 Å². The van der Waals surface area contributed by atoms with Crippen LogP contribution in [-0.4, -0.2) is 64.6 Å². The van der Waals surface area contributed by atoms with Gasteiger partial charge >= 0.3 is 11.9 Å². The molecule has 0 radical (unpaired) electrons. The van der Waals surface area contributed by atoms with Crippen molar-refractivity contribution in [2.75, 3.05) is 18.6 Å². The number of hydrogen-bond acceptors (Lipinski definition) is 6. The van der Waals surface area contributed by atoms with Gasteiger partial charge in [0.05, 0.1) is 6.04 Å². The molecule has 0 aliphatic carbocycles. The van der Waals surface area contributed by atoms with Gasteiger partial charge in [0.2, 0.25) is 11.8 Å². The van der Waals surface area contributed by atoms with Crippen molar-refractivity contribution in [2.24, 2.45) is 5.73 Å². The van der Waals surface area contributed by atoms with E-state index in [1.54, 1.807) is 0 Å². The molecule has 0 heterocycles. The van der Waals surface area contributed by atoms with Crippen LogP contribution in [0.25, 0.3) is 0 Å². The molecule has 2 atom stereocenters. The van der Waals surface area contributed by atoms with Gasteiger partial charge < -0.3 is 26.6 Å². The van der Waals surface area contributed by atoms with Crippen molar-refractivity contribution in [1.82, 2.24) is 10.6 Å². The van der Waals surface area contributed by atoms with E-state index in [4.69, 9.17) is 15.9 Å². The zero-order chi connectivity index (χ0) is 17.1. The van der Waals surface area contributed by atoms with Gasteiger partial charge in [-0.15, -0.1) is 0 Å². The van der Waals surface area contributed by atoms with E-state index in [9.17, 15) is 19.2 Å². The van der Waals surface area contributed by atoms with Gasteiger partial charge in [-0.2, -0.15) is 11.8 Å². The number of aliphatic carboxylic acids is 2. The molecule has 0 saturated heterocycles. The number of carboxylic acids is 2. The summed E-state index contributed by atoms with van der Waals surface area (Å²) < 4.78 is 0. The Labute approximate surface area is 132 Å². The van der Waals surface area contributed by atoms with Crippen LogP contribution in [0.5, 0.6) is 0 Å². The minimum atomic E-state index is -1.24. The highest BCUT2D eigenvalue weighted by atomic mass is 32.2. The minimum Gasteiger partial charge on any atom is -0.481 e. The third-order valence-electron chi connectivity index (χ3n) is 2.66. The lowest BCUT2D eigenvalue weighted by atomic mass is 10.1. The van der Waals surface area contributed by atoms with Crippen LogP contribution in [0, 0.1) is 0 Å². The van der Waals surface area contributed by atoms with E-state index in [0.29, 0.717) is 12.2 Å². The summed E-state index contributed by atoms with van der Waals surface area (Å²) in [6.07, 6.45) is 1.78. The first kappa shape index (κ1) is 20.2. The van der Waals surface area contributed by atoms with E-state index in [0.717, 1.165) is 0 Å². The summed E-state index contributed by atoms with van der Waals surface area (Å²) in [7, 11) is 0. The zero-order valence-electron chi connectivity index (χ0n) is 12.2. The maximum Gasteiger partial charge on any atom is 0.322 e. The summed E-state index contributed by atoms with van der Waals surface area (Å²) in [6, 6.07) is -1.95. The lowest BCUT2D eigenvalue weighted by Crippen LogP contribution is -2.52. The number of nitrogens with one attached hydrogen (secondary N) is 2. The van der Waals surface area contributed by atoms with Crippen molar-refractivity contribution in [3.8, 4) is 0 Å². The van der Waals surface area contributed by atoms with Crippen molar-refractivity contribution in [3.05, 3.63) is 0 Å². The van der Waals surface area contributed by atoms with E-state index in [1.807, 2.05) is 6.26 Å². The standard InChI is InChI=1S/C12H21N3O6S/c1-22-5-4-7(13)11(20)15-8(2-3-9(16)17)12(21)14-6-10(18)19/h7-8H,2-6,13H2,1H3,(H,14,21)(H,15,20)(H,16,17)(H,18,19)/t7-,8-/m1/s1. The fourth-order valence-corrected chi connectivity index (χ4v) is 1.97. The van der Waals surface area contributed by atoms with Crippen LogP contribution in [0.3, 0.4) is 0 Å². The molecule has 0 unspecified atom stereocenters. The minimum absolute atomic E-state index is 0.151. The second kappa shape index (κ2) is 10.9. The average molecular weight is 335 g/mol. The maximum atomic E-state index is 11.9. The normalized spacial score (nSPS) is 13.0. The number of carbonyl (C=O) groups excluding carboxylic acids is 2. The quantitative estimate of drug-likeness (QED) is 0.309. The van der Waals surface area contributed by atoms with Crippen LogP contribution in [-0.2, 0) is 19.2 Å². The summed E-state index contributed by atoms with van der Waals surface area (Å²) in [4.78, 5) is 44.7. The Morgan fingerprint density at radius 3 is 2.23 bits per heavy atom. The number of rotatable bonds is 11. The van der Waals surface area contributed by atoms with Gasteiger partial charge in [-0.3, -0.25) is 19.2 Å². The third kappa shape index (κ3) is 9.19. The van der Waals surface area contributed by atoms with Crippen molar-refractivity contribution < 1.29 is 29.4 Å². The second-order valence-electron chi connectivity index (χ2n) is 4.49. The maximum absolute atomic E-state index is 11.9. The SMILES string of the molecule is CSCC[C@@H](N)C(=O)N[C@H](CCC(=O)O)C(=O)NCC(=O)O. The predicted octanol–water partition coefficient (Wildman–Crippen LogP) is -1.38. The molecular weight excluding hydrogens is 314 g/mol. The molecule has 0 spiro atoms. The largest absolute Gasteiger partial charge is 0.481 e. The van der Waals surface area contributed by atoms with E-state index >= 15 is 0 Å². The average Bonchev–Trinajstić information content (AvgIpc) is 2.45. The van der Waals surface area contributed by atoms with Gasteiger partial charge in [0.25, 0.3) is 0 Å². The summed E-state index contributed by atoms with van der Waals surface area (Å²) in [6.45, 7) is -0.614. The Kier molecular flexibility index (Phi) is 9.96. The number of carboxylic acid groups (broad SMARTS) is 2. The van der Waals surface area contributed by atoms with Gasteiger partial charge in [-0.25, -0.2) is 0 Å². The van der Waals surface area contributed by atoms with E-state index < -0.39 is 42.4 Å². The molecule has 9 nitrogen and oxygen atoms in total. The van der Waals surface area contributed by atoms with Crippen molar-refractivity contribution in [2.45, 2.75) is 31.3 Å². The Morgan fingerprint density at radius 1 is 1.09 bits per heavy atom. The Bertz CT molecular complexity index is 418. The highest BCUT2D eigenvalue weighted by Gasteiger charge is 2.24. The molecule has 6 N–H and O–H groups in total. The molecule has 0 aliphatic rings. The van der Waals surface area contributed by atoms with Crippen LogP contribution in [0.4, 0.5) is 0 Å². The van der Waals surface area contributed by atoms with E-state index in [-0.39, 0.29) is 12.8 Å². The molecule has 0 rings (SSSR count). The molecule has 0 aromatic rings. The summed E-state index contributed by atoms with van der Waals surface area (Å²) in [5.41, 5.74) is 5.66. The van der Waals surface area contributed by atoms with Crippen LogP contribution in [0.2, 0.25) is 0 Å². The van der Waals surface area contributed by atoms with E-state index in [2.05, 4.69) is 10.6 Å². The number of amides is 2. The van der Waals surface area contributed by atoms with Gasteiger partial charge in [-0.05, 0) is 24.9 Å². The van der Waals surface area contributed by atoms with E-state index in [1.165, 1.54) is 11.8 Å². The van der Waals surface area contributed by atoms with Gasteiger partial charge in [0.15, 0.2) is 0 Å². The van der Waals surface area contributed by atoms with Crippen LogP contribution < -0.4 is 16.4 Å². The fourth-order valence-electron chi connectivity index (χ4n) is 1.48. The Balaban J connectivity index is 4.62. The first-order valence-corrected chi connectivity index (χ1v) is 7.93. The number of hydrogen-bond donors (Lipinski definition) is 5. The Hall–Kier alpha value is -1.81. The lowest BCUT2D eigenvalue weighted by Gasteiger charge is -2.19. The molecule has 0 aliphatic heterocycles. The second-order valence-corrected chi connectivity index (χ2v) is 5.48. The first-order chi connectivity index (χ1) is 10.3. The predicted molar refractivity (Wildman–Crippen MR) is 80.4 cm³/mol. The molecule has 126 valence electrons. The molecule has 10 heteroatoms. The number of carbonyl (C=O) groups is 4. The molecule has 0 fully saturated rings. The molecule has 22 heavy (non-hydrogen) atoms. The monoisotopic (exact) mass is 335 g/mol. The third-order valence-corrected chi connectivity index (χ3v) is 3.31. The highest BCUT2D eigenvalue weighted by Crippen LogP contribution is 2.02. The smallest absolute Gasteiger partial charge is 0.322 e. The van der Waals surface area contributed by atoms with Gasteiger partial charge in [0, 0.05) is 6.42 Å². The topological polar surface area (TPSA) is 159 Å². The van der Waals surface area contributed by atoms with Crippen molar-refractivity contribution >= 4 is 35.5 Å². The van der Waals surface area contributed by atoms with Gasteiger partial charge in [-0.1, -0.05) is 0 Å². The van der Waals surface area contributed by atoms with Crippen LogP contribution in [0.1, 0.15) is 19.3 Å². The summed E-state index contributed by atoms with van der Waals surface area (Å²) in [5.74, 6) is -3.03. The van der Waals surface area contributed by atoms with Crippen LogP contribution in [0.15, 0.2) is 0 Å². The highest BCUT2D eigenvalue weighted by molar-refractivity contribution is 7.98. The number of thioether (sulfide) groups is 1. The van der Waals surface area contributed by atoms with Crippen molar-refractivity contribution in [1.29, 1.82) is 0 Å². The molecule has 2 amide bonds. The Morgan fingerprint density at radius 2 is 1.73 bits per heavy atom. The fraction of sp³-hybridized carbons (Fsp3) is 0.667. The number of nitrogens with two attached hydrogens (primary N) is 1. The summed E-state index contributed by atoms with van der Waals surface area (Å²) in [5, 5.41) is 21.6. The first-order valence-electron chi connectivity index (χ1n) is 6.54. The molecule has 0 saturated carbocycles. The summed E-state index contributed by atoms with van der Waals surface area (Å²) >= 11 is 1.52. The zero-order valence-corrected chi connectivity index (χ0v) is 13.0. The van der Waals surface area contributed by atoms with Gasteiger partial charge in [0.1, 0.15) is 12.6 Å². The lowest BCUT2D eigenvalue weighted by molar-refractivity contribution is -0.140. The van der Waals surface area contributed by atoms with Crippen LogP contribution >= 0.6 is 11.8 Å². The molecule has 0 bridgehead atoms. The molecule has 0 aromatic carbocycles. The molecular formula is C12H21N3O6S.